The van der Waals surface area contributed by atoms with Crippen molar-refractivity contribution in [3.8, 4) is 0 Å². The van der Waals surface area contributed by atoms with Gasteiger partial charge in [-0.2, -0.15) is 4.58 Å². The molecule has 0 fully saturated rings. The van der Waals surface area contributed by atoms with Crippen LogP contribution in [0, 0.1) is 0 Å². The van der Waals surface area contributed by atoms with Crippen LogP contribution < -0.4 is 0 Å². The van der Waals surface area contributed by atoms with Gasteiger partial charge in [0.15, 0.2) is 5.71 Å². The van der Waals surface area contributed by atoms with Gasteiger partial charge in [0.05, 0.1) is 5.56 Å². The van der Waals surface area contributed by atoms with E-state index < -0.39 is 0 Å². The van der Waals surface area contributed by atoms with Gasteiger partial charge in [0.1, 0.15) is 6.54 Å². The minimum atomic E-state index is 1.09. The maximum Gasteiger partial charge on any atom is 0.213 e. The topological polar surface area (TPSA) is 3.01 Å². The van der Waals surface area contributed by atoms with E-state index in [1.54, 1.807) is 0 Å². The first-order valence-corrected chi connectivity index (χ1v) is 5.15. The van der Waals surface area contributed by atoms with Gasteiger partial charge in [-0.3, -0.25) is 0 Å². The summed E-state index contributed by atoms with van der Waals surface area (Å²) in [5.74, 6) is 0. The number of fused-ring (bicyclic) bond motifs is 1. The quantitative estimate of drug-likeness (QED) is 0.624. The number of hydrogen-bond acceptors (Lipinski definition) is 0. The molecule has 1 nitrogen and oxygen atoms in total. The second kappa shape index (κ2) is 3.41. The number of rotatable bonds is 2. The third-order valence-corrected chi connectivity index (χ3v) is 2.81. The monoisotopic (exact) mass is 186 g/mol. The molecule has 1 aliphatic heterocycles. The lowest BCUT2D eigenvalue weighted by atomic mass is 10.1. The van der Waals surface area contributed by atoms with Crippen molar-refractivity contribution in [2.75, 3.05) is 6.54 Å². The Morgan fingerprint density at radius 3 is 2.71 bits per heavy atom. The summed E-state index contributed by atoms with van der Waals surface area (Å²) in [5.41, 5.74) is 5.08. The molecule has 72 valence electrons. The van der Waals surface area contributed by atoms with E-state index in [9.17, 15) is 0 Å². The highest BCUT2D eigenvalue weighted by atomic mass is 15.0. The van der Waals surface area contributed by atoms with E-state index in [2.05, 4.69) is 49.3 Å². The van der Waals surface area contributed by atoms with Crippen LogP contribution in [0.1, 0.15) is 25.8 Å². The predicted octanol–water partition coefficient (Wildman–Crippen LogP) is 3.23. The van der Waals surface area contributed by atoms with Gasteiger partial charge < -0.3 is 0 Å². The van der Waals surface area contributed by atoms with Gasteiger partial charge in [0, 0.05) is 25.0 Å². The summed E-state index contributed by atoms with van der Waals surface area (Å²) < 4.78 is 2.36. The Morgan fingerprint density at radius 1 is 1.29 bits per heavy atom. The number of nitrogens with zero attached hydrogens (tertiary/aromatic N) is 1. The molecule has 1 aliphatic rings. The average molecular weight is 186 g/mol. The van der Waals surface area contributed by atoms with Crippen molar-refractivity contribution in [2.45, 2.75) is 20.3 Å². The Labute approximate surface area is 85.4 Å². The summed E-state index contributed by atoms with van der Waals surface area (Å²) >= 11 is 0. The molecule has 0 unspecified atom stereocenters. The Kier molecular flexibility index (Phi) is 2.24. The molecule has 0 saturated carbocycles. The minimum absolute atomic E-state index is 1.09. The van der Waals surface area contributed by atoms with Crippen molar-refractivity contribution in [1.29, 1.82) is 0 Å². The summed E-state index contributed by atoms with van der Waals surface area (Å²) in [4.78, 5) is 0. The van der Waals surface area contributed by atoms with Crippen LogP contribution in [0.4, 0.5) is 5.69 Å². The highest BCUT2D eigenvalue weighted by Crippen LogP contribution is 2.32. The van der Waals surface area contributed by atoms with Gasteiger partial charge >= 0.3 is 0 Å². The lowest BCUT2D eigenvalue weighted by molar-refractivity contribution is -0.437. The second-order valence-corrected chi connectivity index (χ2v) is 3.73. The molecule has 0 bridgehead atoms. The zero-order valence-electron chi connectivity index (χ0n) is 8.88. The van der Waals surface area contributed by atoms with Crippen molar-refractivity contribution in [3.05, 3.63) is 36.4 Å². The predicted molar refractivity (Wildman–Crippen MR) is 61.2 cm³/mol. The van der Waals surface area contributed by atoms with E-state index in [1.807, 2.05) is 0 Å². The van der Waals surface area contributed by atoms with Gasteiger partial charge in [0.25, 0.3) is 0 Å². The van der Waals surface area contributed by atoms with Gasteiger partial charge in [-0.25, -0.2) is 0 Å². The Bertz CT molecular complexity index is 413. The first-order chi connectivity index (χ1) is 6.75. The molecule has 0 N–H and O–H groups in total. The molecule has 0 atom stereocenters. The largest absolute Gasteiger partial charge is 0.213 e. The lowest BCUT2D eigenvalue weighted by Crippen LogP contribution is -2.09. The average Bonchev–Trinajstić information content (AvgIpc) is 2.45. The molecule has 2 rings (SSSR count). The molecule has 0 aromatic heterocycles. The third-order valence-electron chi connectivity index (χ3n) is 2.81. The third kappa shape index (κ3) is 1.20. The fraction of sp³-hybridized carbons (Fsp3) is 0.308. The van der Waals surface area contributed by atoms with E-state index >= 15 is 0 Å². The van der Waals surface area contributed by atoms with E-state index in [1.165, 1.54) is 29.0 Å². The van der Waals surface area contributed by atoms with Crippen LogP contribution in [0.25, 0.3) is 5.57 Å². The van der Waals surface area contributed by atoms with Crippen LogP contribution in [0.2, 0.25) is 0 Å². The summed E-state index contributed by atoms with van der Waals surface area (Å²) in [6.45, 7) is 9.57. The first-order valence-electron chi connectivity index (χ1n) is 5.15. The maximum absolute atomic E-state index is 4.13. The molecule has 0 amide bonds. The molecule has 1 aromatic carbocycles. The highest BCUT2D eigenvalue weighted by Gasteiger charge is 2.28. The molecule has 0 aliphatic carbocycles. The second-order valence-electron chi connectivity index (χ2n) is 3.73. The molecule has 0 saturated heterocycles. The zero-order valence-corrected chi connectivity index (χ0v) is 8.88. The lowest BCUT2D eigenvalue weighted by Gasteiger charge is -1.97. The van der Waals surface area contributed by atoms with Gasteiger partial charge in [0.2, 0.25) is 5.69 Å². The smallest absolute Gasteiger partial charge is 0.195 e. The van der Waals surface area contributed by atoms with Crippen molar-refractivity contribution < 1.29 is 4.58 Å². The summed E-state index contributed by atoms with van der Waals surface area (Å²) in [6.07, 6.45) is 1.17. The SMILES string of the molecule is C=C1C(C)=[N+](CCC)c2ccccc21. The zero-order chi connectivity index (χ0) is 10.1. The van der Waals surface area contributed by atoms with Gasteiger partial charge in [-0.1, -0.05) is 25.6 Å². The molecule has 0 spiro atoms. The molecular weight excluding hydrogens is 170 g/mol. The first kappa shape index (κ1) is 9.20. The number of allylic oxidation sites excluding steroid dienone is 1. The Balaban J connectivity index is 2.55. The molecule has 14 heavy (non-hydrogen) atoms. The minimum Gasteiger partial charge on any atom is -0.195 e. The van der Waals surface area contributed by atoms with Crippen LogP contribution in [-0.4, -0.2) is 16.8 Å². The summed E-state index contributed by atoms with van der Waals surface area (Å²) in [7, 11) is 0. The fourth-order valence-electron chi connectivity index (χ4n) is 2.01. The van der Waals surface area contributed by atoms with Crippen LogP contribution in [0.3, 0.4) is 0 Å². The summed E-state index contributed by atoms with van der Waals surface area (Å²) in [6, 6.07) is 8.49. The molecule has 1 heteroatoms. The molecule has 0 radical (unpaired) electrons. The van der Waals surface area contributed by atoms with E-state index in [0.717, 1.165) is 6.54 Å². The van der Waals surface area contributed by atoms with Crippen molar-refractivity contribution in [2.24, 2.45) is 0 Å². The Morgan fingerprint density at radius 2 is 2.00 bits per heavy atom. The Hall–Kier alpha value is -1.37. The van der Waals surface area contributed by atoms with Crippen LogP contribution >= 0.6 is 0 Å². The van der Waals surface area contributed by atoms with Crippen LogP contribution in [0.5, 0.6) is 0 Å². The maximum atomic E-state index is 4.13. The van der Waals surface area contributed by atoms with E-state index in [-0.39, 0.29) is 0 Å². The molecular formula is C13H16N+. The molecule has 1 heterocycles. The number of hydrogen-bond donors (Lipinski definition) is 0. The summed E-state index contributed by atoms with van der Waals surface area (Å²) in [5, 5.41) is 0. The van der Waals surface area contributed by atoms with Gasteiger partial charge in [-0.05, 0) is 6.07 Å². The van der Waals surface area contributed by atoms with E-state index in [0.29, 0.717) is 0 Å². The van der Waals surface area contributed by atoms with Crippen LogP contribution in [-0.2, 0) is 0 Å². The standard InChI is InChI=1S/C13H16N/c1-4-9-14-11(3)10(2)12-7-5-6-8-13(12)14/h5-8H,2,4,9H2,1,3H3/q+1. The van der Waals surface area contributed by atoms with E-state index in [4.69, 9.17) is 0 Å². The number of para-hydroxylation sites is 1. The van der Waals surface area contributed by atoms with Gasteiger partial charge in [-0.15, -0.1) is 0 Å². The van der Waals surface area contributed by atoms with Crippen molar-refractivity contribution in [1.82, 2.24) is 0 Å². The number of benzene rings is 1. The van der Waals surface area contributed by atoms with Crippen molar-refractivity contribution >= 4 is 17.0 Å². The van der Waals surface area contributed by atoms with Crippen molar-refractivity contribution in [3.63, 3.8) is 0 Å². The van der Waals surface area contributed by atoms with Crippen LogP contribution in [0.15, 0.2) is 30.8 Å². The normalized spacial score (nSPS) is 14.9. The highest BCUT2D eigenvalue weighted by molar-refractivity contribution is 6.23. The fourth-order valence-corrected chi connectivity index (χ4v) is 2.01. The molecule has 1 aromatic rings.